The van der Waals surface area contributed by atoms with Crippen LogP contribution in [0, 0.1) is 0 Å². The summed E-state index contributed by atoms with van der Waals surface area (Å²) in [5.74, 6) is -2.24. The summed E-state index contributed by atoms with van der Waals surface area (Å²) in [6.07, 6.45) is 0.862. The molecule has 1 aliphatic rings. The fourth-order valence-electron chi connectivity index (χ4n) is 1.99. The summed E-state index contributed by atoms with van der Waals surface area (Å²) in [4.78, 5) is 23.9. The standard InChI is InChI=1S/C12H13F3N2O7S/c1-22-11(19)8-7-17(16-2-4-23-5-3-16)10(18)6-9(8)24-25(20,21)12(13,14)15/h6-7H,2-5H2,1H3. The molecule has 1 aliphatic heterocycles. The van der Waals surface area contributed by atoms with Gasteiger partial charge in [0.25, 0.3) is 5.56 Å². The van der Waals surface area contributed by atoms with E-state index in [1.165, 1.54) is 5.01 Å². The van der Waals surface area contributed by atoms with E-state index in [2.05, 4.69) is 8.92 Å². The first-order valence-corrected chi connectivity index (χ1v) is 8.16. The fraction of sp³-hybridized carbons (Fsp3) is 0.500. The number of halogens is 3. The Hall–Kier alpha value is -2.28. The number of hydrogen-bond acceptors (Lipinski definition) is 8. The van der Waals surface area contributed by atoms with Crippen LogP contribution in [0.25, 0.3) is 0 Å². The molecule has 25 heavy (non-hydrogen) atoms. The van der Waals surface area contributed by atoms with Crippen molar-refractivity contribution in [1.82, 2.24) is 4.68 Å². The maximum absolute atomic E-state index is 12.5. The first-order chi connectivity index (χ1) is 11.6. The lowest BCUT2D eigenvalue weighted by Crippen LogP contribution is -2.48. The Morgan fingerprint density at radius 2 is 1.88 bits per heavy atom. The predicted molar refractivity (Wildman–Crippen MR) is 76.4 cm³/mol. The van der Waals surface area contributed by atoms with Gasteiger partial charge in [0.1, 0.15) is 5.56 Å². The number of nitrogens with zero attached hydrogens (tertiary/aromatic N) is 2. The van der Waals surface area contributed by atoms with Crippen molar-refractivity contribution >= 4 is 16.1 Å². The molecule has 1 aromatic heterocycles. The number of hydrogen-bond donors (Lipinski definition) is 0. The van der Waals surface area contributed by atoms with Crippen molar-refractivity contribution < 1.29 is 40.0 Å². The number of morpholine rings is 1. The molecule has 9 nitrogen and oxygen atoms in total. The third-order valence-electron chi connectivity index (χ3n) is 3.18. The fourth-order valence-corrected chi connectivity index (χ4v) is 2.46. The first-order valence-electron chi connectivity index (χ1n) is 6.75. The highest BCUT2D eigenvalue weighted by Crippen LogP contribution is 2.28. The van der Waals surface area contributed by atoms with Crippen molar-refractivity contribution in [1.29, 1.82) is 0 Å². The van der Waals surface area contributed by atoms with Crippen LogP contribution in [0.2, 0.25) is 0 Å². The minimum atomic E-state index is -6.06. The highest BCUT2D eigenvalue weighted by atomic mass is 32.2. The molecule has 2 rings (SSSR count). The number of ether oxygens (including phenoxy) is 2. The number of rotatable bonds is 4. The average Bonchev–Trinajstić information content (AvgIpc) is 2.53. The van der Waals surface area contributed by atoms with E-state index in [1.54, 1.807) is 0 Å². The zero-order chi connectivity index (χ0) is 18.8. The van der Waals surface area contributed by atoms with Crippen LogP contribution in [-0.2, 0) is 19.6 Å². The number of esters is 1. The second-order valence-electron chi connectivity index (χ2n) is 4.77. The third-order valence-corrected chi connectivity index (χ3v) is 4.14. The van der Waals surface area contributed by atoms with Crippen LogP contribution in [0.1, 0.15) is 10.4 Å². The van der Waals surface area contributed by atoms with E-state index < -0.39 is 38.5 Å². The quantitative estimate of drug-likeness (QED) is 0.399. The van der Waals surface area contributed by atoms with Gasteiger partial charge in [-0.15, -0.1) is 0 Å². The normalized spacial score (nSPS) is 15.8. The Morgan fingerprint density at radius 3 is 2.40 bits per heavy atom. The lowest BCUT2D eigenvalue weighted by Gasteiger charge is -2.30. The van der Waals surface area contributed by atoms with Crippen molar-refractivity contribution in [3.8, 4) is 5.75 Å². The van der Waals surface area contributed by atoms with Crippen molar-refractivity contribution in [2.75, 3.05) is 38.4 Å². The highest BCUT2D eigenvalue weighted by molar-refractivity contribution is 7.88. The molecule has 0 N–H and O–H groups in total. The predicted octanol–water partition coefficient (Wildman–Crippen LogP) is -0.169. The molecule has 140 valence electrons. The Bertz CT molecular complexity index is 813. The van der Waals surface area contributed by atoms with Crippen molar-refractivity contribution in [2.24, 2.45) is 0 Å². The average molecular weight is 386 g/mol. The first kappa shape index (κ1) is 19.1. The molecule has 1 saturated heterocycles. The molecule has 2 heterocycles. The van der Waals surface area contributed by atoms with Gasteiger partial charge >= 0.3 is 21.6 Å². The summed E-state index contributed by atoms with van der Waals surface area (Å²) in [7, 11) is -5.12. The highest BCUT2D eigenvalue weighted by Gasteiger charge is 2.49. The number of carbonyl (C=O) groups excluding carboxylic acids is 1. The maximum atomic E-state index is 12.5. The van der Waals surface area contributed by atoms with Gasteiger partial charge in [-0.25, -0.2) is 9.47 Å². The van der Waals surface area contributed by atoms with Gasteiger partial charge in [0.2, 0.25) is 0 Å². The molecule has 0 aliphatic carbocycles. The molecule has 0 saturated carbocycles. The van der Waals surface area contributed by atoms with Gasteiger partial charge in [-0.2, -0.15) is 21.6 Å². The zero-order valence-electron chi connectivity index (χ0n) is 12.8. The van der Waals surface area contributed by atoms with Crippen molar-refractivity contribution in [3.63, 3.8) is 0 Å². The summed E-state index contributed by atoms with van der Waals surface area (Å²) in [6.45, 7) is 1.14. The number of methoxy groups -OCH3 is 1. The summed E-state index contributed by atoms with van der Waals surface area (Å²) in [5, 5.41) is 1.47. The molecule has 13 heteroatoms. The zero-order valence-corrected chi connectivity index (χ0v) is 13.6. The Labute approximate surface area is 139 Å². The topological polar surface area (TPSA) is 104 Å². The molecular formula is C12H13F3N2O7S. The second kappa shape index (κ2) is 6.92. The van der Waals surface area contributed by atoms with Gasteiger partial charge < -0.3 is 18.7 Å². The van der Waals surface area contributed by atoms with Crippen LogP contribution in [0.5, 0.6) is 5.75 Å². The van der Waals surface area contributed by atoms with Crippen LogP contribution in [0.15, 0.2) is 17.1 Å². The van der Waals surface area contributed by atoms with E-state index in [4.69, 9.17) is 4.74 Å². The van der Waals surface area contributed by atoms with E-state index in [0.29, 0.717) is 19.3 Å². The second-order valence-corrected chi connectivity index (χ2v) is 6.31. The van der Waals surface area contributed by atoms with Crippen LogP contribution < -0.4 is 14.8 Å². The molecule has 1 fully saturated rings. The third kappa shape index (κ3) is 4.04. The van der Waals surface area contributed by atoms with Gasteiger partial charge in [0, 0.05) is 6.20 Å². The van der Waals surface area contributed by atoms with E-state index in [1.807, 2.05) is 0 Å². The van der Waals surface area contributed by atoms with E-state index >= 15 is 0 Å². The monoisotopic (exact) mass is 386 g/mol. The lowest BCUT2D eigenvalue weighted by atomic mass is 10.2. The minimum Gasteiger partial charge on any atom is -0.465 e. The number of alkyl halides is 3. The molecule has 0 unspecified atom stereocenters. The Balaban J connectivity index is 2.51. The SMILES string of the molecule is COC(=O)c1cn(N2CCOCC2)c(=O)cc1OS(=O)(=O)C(F)(F)F. The van der Waals surface area contributed by atoms with Crippen LogP contribution in [0.3, 0.4) is 0 Å². The van der Waals surface area contributed by atoms with Gasteiger partial charge in [-0.3, -0.25) is 4.79 Å². The van der Waals surface area contributed by atoms with Gasteiger partial charge in [0.15, 0.2) is 5.75 Å². The smallest absolute Gasteiger partial charge is 0.465 e. The molecule has 0 amide bonds. The molecule has 0 bridgehead atoms. The number of carbonyl (C=O) groups is 1. The molecule has 0 spiro atoms. The summed E-state index contributed by atoms with van der Waals surface area (Å²) >= 11 is 0. The van der Waals surface area contributed by atoms with Crippen molar-refractivity contribution in [2.45, 2.75) is 5.51 Å². The minimum absolute atomic E-state index is 0.279. The molecule has 0 aromatic carbocycles. The number of pyridine rings is 1. The van der Waals surface area contributed by atoms with Gasteiger partial charge in [-0.1, -0.05) is 0 Å². The molecular weight excluding hydrogens is 373 g/mol. The van der Waals surface area contributed by atoms with E-state index in [0.717, 1.165) is 18.0 Å². The maximum Gasteiger partial charge on any atom is 0.534 e. The Kier molecular flexibility index (Phi) is 5.27. The summed E-state index contributed by atoms with van der Waals surface area (Å²) < 4.78 is 74.1. The van der Waals surface area contributed by atoms with Crippen molar-refractivity contribution in [3.05, 3.63) is 28.2 Å². The van der Waals surface area contributed by atoms with Crippen LogP contribution in [0.4, 0.5) is 13.2 Å². The molecule has 0 atom stereocenters. The summed E-state index contributed by atoms with van der Waals surface area (Å²) in [5.41, 5.74) is -7.26. The van der Waals surface area contributed by atoms with E-state index in [-0.39, 0.29) is 13.1 Å². The summed E-state index contributed by atoms with van der Waals surface area (Å²) in [6, 6.07) is 0.477. The largest absolute Gasteiger partial charge is 0.534 e. The molecule has 1 aromatic rings. The molecule has 0 radical (unpaired) electrons. The van der Waals surface area contributed by atoms with Crippen LogP contribution >= 0.6 is 0 Å². The van der Waals surface area contributed by atoms with Crippen LogP contribution in [-0.4, -0.2) is 58.0 Å². The Morgan fingerprint density at radius 1 is 1.28 bits per heavy atom. The van der Waals surface area contributed by atoms with E-state index in [9.17, 15) is 31.2 Å². The number of aromatic nitrogens is 1. The van der Waals surface area contributed by atoms with Gasteiger partial charge in [-0.05, 0) is 0 Å². The van der Waals surface area contributed by atoms with Gasteiger partial charge in [0.05, 0.1) is 39.5 Å². The lowest BCUT2D eigenvalue weighted by molar-refractivity contribution is -0.0500.